The second kappa shape index (κ2) is 7.06. The van der Waals surface area contributed by atoms with Crippen molar-refractivity contribution < 1.29 is 19.4 Å². The van der Waals surface area contributed by atoms with Gasteiger partial charge in [-0.25, -0.2) is 4.79 Å². The summed E-state index contributed by atoms with van der Waals surface area (Å²) in [4.78, 5) is 26.0. The van der Waals surface area contributed by atoms with Crippen LogP contribution in [0.1, 0.15) is 40.5 Å². The van der Waals surface area contributed by atoms with Gasteiger partial charge in [0.1, 0.15) is 17.9 Å². The van der Waals surface area contributed by atoms with Gasteiger partial charge in [0, 0.05) is 13.1 Å². The number of amides is 1. The number of rotatable bonds is 3. The van der Waals surface area contributed by atoms with Crippen LogP contribution in [0.25, 0.3) is 0 Å². The zero-order chi connectivity index (χ0) is 19.0. The molecule has 1 aromatic carbocycles. The Morgan fingerprint density at radius 3 is 2.67 bits per heavy atom. The smallest absolute Gasteiger partial charge is 0.339 e. The minimum Gasteiger partial charge on any atom is -0.492 e. The number of carbonyl (C=O) groups excluding carboxylic acids is 1. The molecule has 4 rings (SSSR count). The quantitative estimate of drug-likeness (QED) is 0.897. The summed E-state index contributed by atoms with van der Waals surface area (Å²) in [5.74, 6) is -0.0690. The van der Waals surface area contributed by atoms with Gasteiger partial charge in [-0.1, -0.05) is 18.2 Å². The average molecular weight is 369 g/mol. The summed E-state index contributed by atoms with van der Waals surface area (Å²) in [6.45, 7) is 3.52. The number of ether oxygens (including phenoxy) is 1. The molecular weight excluding hydrogens is 346 g/mol. The highest BCUT2D eigenvalue weighted by Gasteiger charge is 2.32. The maximum absolute atomic E-state index is 12.9. The van der Waals surface area contributed by atoms with E-state index in [2.05, 4.69) is 5.10 Å². The predicted molar refractivity (Wildman–Crippen MR) is 97.9 cm³/mol. The van der Waals surface area contributed by atoms with Crippen molar-refractivity contribution in [3.8, 4) is 5.75 Å². The maximum Gasteiger partial charge on any atom is 0.339 e. The Morgan fingerprint density at radius 2 is 1.96 bits per heavy atom. The van der Waals surface area contributed by atoms with E-state index >= 15 is 0 Å². The summed E-state index contributed by atoms with van der Waals surface area (Å²) in [7, 11) is 0. The molecule has 2 aromatic rings. The molecule has 1 saturated heterocycles. The zero-order valence-electron chi connectivity index (χ0n) is 15.3. The Balaban J connectivity index is 1.38. The fourth-order valence-corrected chi connectivity index (χ4v) is 4.08. The number of benzene rings is 1. The largest absolute Gasteiger partial charge is 0.492 e. The molecule has 0 aliphatic carbocycles. The van der Waals surface area contributed by atoms with E-state index < -0.39 is 5.97 Å². The van der Waals surface area contributed by atoms with Gasteiger partial charge >= 0.3 is 5.97 Å². The van der Waals surface area contributed by atoms with Crippen molar-refractivity contribution in [3.63, 3.8) is 0 Å². The fourth-order valence-electron chi connectivity index (χ4n) is 4.08. The number of hydrogen-bond donors (Lipinski definition) is 1. The molecule has 7 nitrogen and oxygen atoms in total. The molecule has 2 aliphatic heterocycles. The van der Waals surface area contributed by atoms with E-state index in [4.69, 9.17) is 4.74 Å². The minimum atomic E-state index is -0.955. The molecule has 7 heteroatoms. The zero-order valence-corrected chi connectivity index (χ0v) is 15.3. The topological polar surface area (TPSA) is 84.7 Å². The van der Waals surface area contributed by atoms with Crippen LogP contribution in [0.2, 0.25) is 0 Å². The predicted octanol–water partition coefficient (Wildman–Crippen LogP) is 2.30. The summed E-state index contributed by atoms with van der Waals surface area (Å²) in [6.07, 6.45) is 3.68. The maximum atomic E-state index is 12.9. The van der Waals surface area contributed by atoms with Crippen molar-refractivity contribution in [3.05, 3.63) is 47.3 Å². The number of nitrogens with zero attached hydrogens (tertiary/aromatic N) is 3. The number of carbonyl (C=O) groups is 2. The van der Waals surface area contributed by atoms with Crippen LogP contribution in [-0.2, 0) is 11.2 Å². The van der Waals surface area contributed by atoms with Gasteiger partial charge in [-0.3, -0.25) is 9.48 Å². The summed E-state index contributed by atoms with van der Waals surface area (Å²) in [6, 6.07) is 8.00. The van der Waals surface area contributed by atoms with Crippen LogP contribution in [0.15, 0.2) is 30.5 Å². The van der Waals surface area contributed by atoms with Crippen molar-refractivity contribution >= 4 is 11.9 Å². The van der Waals surface area contributed by atoms with Gasteiger partial charge in [0.25, 0.3) is 0 Å². The molecule has 1 aromatic heterocycles. The van der Waals surface area contributed by atoms with Crippen LogP contribution in [-0.4, -0.2) is 51.4 Å². The second-order valence-electron chi connectivity index (χ2n) is 7.27. The molecule has 1 N–H and O–H groups in total. The van der Waals surface area contributed by atoms with Crippen molar-refractivity contribution in [1.29, 1.82) is 0 Å². The van der Waals surface area contributed by atoms with Crippen LogP contribution in [0, 0.1) is 12.8 Å². The van der Waals surface area contributed by atoms with Crippen LogP contribution in [0.3, 0.4) is 0 Å². The number of fused-ring (bicyclic) bond motifs is 1. The molecule has 1 atom stereocenters. The Bertz CT molecular complexity index is 868. The number of likely N-dealkylation sites (tertiary alicyclic amines) is 1. The summed E-state index contributed by atoms with van der Waals surface area (Å²) in [5, 5.41) is 13.4. The lowest BCUT2D eigenvalue weighted by atomic mass is 9.94. The summed E-state index contributed by atoms with van der Waals surface area (Å²) >= 11 is 0. The van der Waals surface area contributed by atoms with Crippen LogP contribution in [0.4, 0.5) is 0 Å². The molecule has 2 aliphatic rings. The Labute approximate surface area is 157 Å². The van der Waals surface area contributed by atoms with E-state index in [1.165, 1.54) is 6.20 Å². The highest BCUT2D eigenvalue weighted by molar-refractivity contribution is 5.88. The minimum absolute atomic E-state index is 0.130. The standard InChI is InChI=1S/C20H23N3O4/c1-13-17(20(25)26)11-21-23(13)16-6-8-22(9-7-16)19(24)15-10-14-4-2-3-5-18(14)27-12-15/h2-5,11,15-16H,6-10,12H2,1H3,(H,25,26). The molecule has 0 radical (unpaired) electrons. The Morgan fingerprint density at radius 1 is 1.22 bits per heavy atom. The van der Waals surface area contributed by atoms with E-state index in [0.717, 1.165) is 30.6 Å². The summed E-state index contributed by atoms with van der Waals surface area (Å²) in [5.41, 5.74) is 2.00. The number of carboxylic acid groups (broad SMARTS) is 1. The first kappa shape index (κ1) is 17.6. The fraction of sp³-hybridized carbons (Fsp3) is 0.450. The molecule has 0 bridgehead atoms. The molecule has 27 heavy (non-hydrogen) atoms. The molecule has 0 saturated carbocycles. The first-order chi connectivity index (χ1) is 13.0. The van der Waals surface area contributed by atoms with Gasteiger partial charge in [-0.2, -0.15) is 5.10 Å². The number of para-hydroxylation sites is 1. The molecule has 0 spiro atoms. The van der Waals surface area contributed by atoms with Crippen LogP contribution >= 0.6 is 0 Å². The van der Waals surface area contributed by atoms with Gasteiger partial charge in [-0.15, -0.1) is 0 Å². The van der Waals surface area contributed by atoms with Gasteiger partial charge in [-0.05, 0) is 37.8 Å². The molecule has 1 unspecified atom stereocenters. The Kier molecular flexibility index (Phi) is 4.59. The lowest BCUT2D eigenvalue weighted by molar-refractivity contribution is -0.138. The number of carboxylic acids is 1. The lowest BCUT2D eigenvalue weighted by Gasteiger charge is -2.35. The molecular formula is C20H23N3O4. The summed E-state index contributed by atoms with van der Waals surface area (Å²) < 4.78 is 7.56. The second-order valence-corrected chi connectivity index (χ2v) is 7.27. The molecule has 3 heterocycles. The third kappa shape index (κ3) is 3.29. The van der Waals surface area contributed by atoms with E-state index in [0.29, 0.717) is 25.4 Å². The van der Waals surface area contributed by atoms with E-state index in [9.17, 15) is 14.7 Å². The Hall–Kier alpha value is -2.83. The molecule has 1 fully saturated rings. The number of aromatic nitrogens is 2. The number of hydrogen-bond acceptors (Lipinski definition) is 4. The first-order valence-electron chi connectivity index (χ1n) is 9.31. The third-order valence-electron chi connectivity index (χ3n) is 5.63. The number of piperidine rings is 1. The first-order valence-corrected chi connectivity index (χ1v) is 9.31. The number of aromatic carboxylic acids is 1. The van der Waals surface area contributed by atoms with E-state index in [-0.39, 0.29) is 23.4 Å². The van der Waals surface area contributed by atoms with Crippen LogP contribution < -0.4 is 4.74 Å². The highest BCUT2D eigenvalue weighted by atomic mass is 16.5. The normalized spacial score (nSPS) is 20.0. The van der Waals surface area contributed by atoms with Crippen molar-refractivity contribution in [2.45, 2.75) is 32.2 Å². The SMILES string of the molecule is Cc1c(C(=O)O)cnn1C1CCN(C(=O)C2COc3ccccc3C2)CC1. The van der Waals surface area contributed by atoms with Crippen molar-refractivity contribution in [2.24, 2.45) is 5.92 Å². The van der Waals surface area contributed by atoms with Crippen molar-refractivity contribution in [2.75, 3.05) is 19.7 Å². The monoisotopic (exact) mass is 369 g/mol. The van der Waals surface area contributed by atoms with E-state index in [1.54, 1.807) is 11.6 Å². The van der Waals surface area contributed by atoms with Gasteiger partial charge in [0.2, 0.25) is 5.91 Å². The van der Waals surface area contributed by atoms with Gasteiger partial charge in [0.05, 0.1) is 23.9 Å². The lowest BCUT2D eigenvalue weighted by Crippen LogP contribution is -2.45. The van der Waals surface area contributed by atoms with Crippen LogP contribution in [0.5, 0.6) is 5.75 Å². The van der Waals surface area contributed by atoms with E-state index in [1.807, 2.05) is 29.2 Å². The highest BCUT2D eigenvalue weighted by Crippen LogP contribution is 2.30. The van der Waals surface area contributed by atoms with Gasteiger partial charge in [0.15, 0.2) is 0 Å². The third-order valence-corrected chi connectivity index (χ3v) is 5.63. The van der Waals surface area contributed by atoms with Gasteiger partial charge < -0.3 is 14.7 Å². The average Bonchev–Trinajstić information content (AvgIpc) is 3.09. The molecule has 1 amide bonds. The van der Waals surface area contributed by atoms with Crippen molar-refractivity contribution in [1.82, 2.24) is 14.7 Å². The molecule has 142 valence electrons.